The summed E-state index contributed by atoms with van der Waals surface area (Å²) in [6.45, 7) is 0.410. The molecule has 0 bridgehead atoms. The highest BCUT2D eigenvalue weighted by Gasteiger charge is 2.25. The molecule has 1 heterocycles. The Morgan fingerprint density at radius 2 is 1.90 bits per heavy atom. The topological polar surface area (TPSA) is 98.5 Å². The van der Waals surface area contributed by atoms with E-state index in [-0.39, 0.29) is 0 Å². The highest BCUT2D eigenvalue weighted by atomic mass is 32.2. The van der Waals surface area contributed by atoms with Crippen molar-refractivity contribution in [3.8, 4) is 0 Å². The number of hydrogen-bond acceptors (Lipinski definition) is 4. The Morgan fingerprint density at radius 1 is 1.29 bits per heavy atom. The second-order valence-electron chi connectivity index (χ2n) is 4.65. The summed E-state index contributed by atoms with van der Waals surface area (Å²) in [5, 5.41) is 6.87. The maximum Gasteiger partial charge on any atom is 0.253 e. The molecule has 1 aliphatic rings. The van der Waals surface area contributed by atoms with Gasteiger partial charge < -0.3 is 10.1 Å². The fourth-order valence-corrected chi connectivity index (χ4v) is 2.52. The second-order valence-corrected chi connectivity index (χ2v) is 6.21. The number of carbonyl (C=O) groups is 1. The van der Waals surface area contributed by atoms with Gasteiger partial charge in [0.25, 0.3) is 5.91 Å². The molecule has 6 nitrogen and oxygen atoms in total. The van der Waals surface area contributed by atoms with Crippen LogP contribution < -0.4 is 10.5 Å². The zero-order valence-electron chi connectivity index (χ0n) is 10.9. The molecule has 21 heavy (non-hydrogen) atoms. The molecule has 1 fully saturated rings. The summed E-state index contributed by atoms with van der Waals surface area (Å²) < 4.78 is 54.8. The fourth-order valence-electron chi connectivity index (χ4n) is 1.98. The summed E-state index contributed by atoms with van der Waals surface area (Å²) in [5.74, 6) is -3.11. The number of ether oxygens (including phenoxy) is 1. The van der Waals surface area contributed by atoms with Crippen LogP contribution in [0.4, 0.5) is 14.5 Å². The van der Waals surface area contributed by atoms with Crippen LogP contribution in [0.2, 0.25) is 0 Å². The van der Waals surface area contributed by atoms with E-state index in [4.69, 9.17) is 9.88 Å². The number of amides is 1. The Morgan fingerprint density at radius 3 is 2.38 bits per heavy atom. The molecule has 0 radical (unpaired) electrons. The van der Waals surface area contributed by atoms with Crippen molar-refractivity contribution < 1.29 is 26.7 Å². The van der Waals surface area contributed by atoms with Crippen LogP contribution in [-0.2, 0) is 19.6 Å². The Balaban J connectivity index is 2.22. The summed E-state index contributed by atoms with van der Waals surface area (Å²) in [5.41, 5.74) is -0.721. The molecule has 2 rings (SSSR count). The predicted octanol–water partition coefficient (Wildman–Crippen LogP) is 1.12. The van der Waals surface area contributed by atoms with Crippen molar-refractivity contribution in [2.24, 2.45) is 5.14 Å². The second kappa shape index (κ2) is 6.04. The molecule has 0 aliphatic carbocycles. The molecule has 9 heteroatoms. The Hall–Kier alpha value is -1.58. The number of benzene rings is 1. The average Bonchev–Trinajstić information content (AvgIpc) is 2.42. The summed E-state index contributed by atoms with van der Waals surface area (Å²) in [4.78, 5) is 11.1. The Kier molecular flexibility index (Phi) is 4.55. The average molecular weight is 320 g/mol. The van der Waals surface area contributed by atoms with Crippen molar-refractivity contribution in [1.29, 1.82) is 0 Å². The van der Waals surface area contributed by atoms with Gasteiger partial charge in [0.15, 0.2) is 11.6 Å². The molecule has 1 aliphatic heterocycles. The van der Waals surface area contributed by atoms with Crippen LogP contribution in [0.1, 0.15) is 19.3 Å². The lowest BCUT2D eigenvalue weighted by Crippen LogP contribution is -2.33. The standard InChI is InChI=1S/C12H14F2N2O4S/c13-8-5-7(21(15,18)19)6-9(14)11(8)16-12(17)10-3-1-2-4-20-10/h5-6,10H,1-4H2,(H,16,17)(H2,15,18,19). The maximum absolute atomic E-state index is 13.8. The first kappa shape index (κ1) is 15.8. The van der Waals surface area contributed by atoms with Crippen LogP contribution in [-0.4, -0.2) is 27.0 Å². The van der Waals surface area contributed by atoms with Crippen LogP contribution in [0.25, 0.3) is 0 Å². The van der Waals surface area contributed by atoms with Crippen LogP contribution in [0.3, 0.4) is 0 Å². The van der Waals surface area contributed by atoms with Gasteiger partial charge in [-0.3, -0.25) is 4.79 Å². The largest absolute Gasteiger partial charge is 0.368 e. The minimum Gasteiger partial charge on any atom is -0.368 e. The molecule has 0 spiro atoms. The monoisotopic (exact) mass is 320 g/mol. The zero-order chi connectivity index (χ0) is 15.6. The van der Waals surface area contributed by atoms with Gasteiger partial charge in [-0.25, -0.2) is 22.3 Å². The van der Waals surface area contributed by atoms with Gasteiger partial charge in [-0.05, 0) is 31.4 Å². The number of halogens is 2. The molecule has 1 aromatic rings. The quantitative estimate of drug-likeness (QED) is 0.872. The number of nitrogens with two attached hydrogens (primary N) is 1. The fraction of sp³-hybridized carbons (Fsp3) is 0.417. The predicted molar refractivity (Wildman–Crippen MR) is 70.0 cm³/mol. The molecule has 0 aromatic heterocycles. The van der Waals surface area contributed by atoms with Gasteiger partial charge in [-0.15, -0.1) is 0 Å². The number of sulfonamides is 1. The number of hydrogen-bond donors (Lipinski definition) is 2. The van der Waals surface area contributed by atoms with Crippen molar-refractivity contribution in [3.63, 3.8) is 0 Å². The summed E-state index contributed by atoms with van der Waals surface area (Å²) in [6, 6.07) is 1.10. The third kappa shape index (κ3) is 3.74. The Labute approximate surface area is 120 Å². The SMILES string of the molecule is NS(=O)(=O)c1cc(F)c(NC(=O)C2CCCCO2)c(F)c1. The van der Waals surface area contributed by atoms with E-state index in [1.54, 1.807) is 0 Å². The van der Waals surface area contributed by atoms with Gasteiger partial charge >= 0.3 is 0 Å². The van der Waals surface area contributed by atoms with E-state index in [1.165, 1.54) is 0 Å². The first-order valence-electron chi connectivity index (χ1n) is 6.23. The lowest BCUT2D eigenvalue weighted by atomic mass is 10.1. The first-order chi connectivity index (χ1) is 9.79. The van der Waals surface area contributed by atoms with E-state index >= 15 is 0 Å². The third-order valence-electron chi connectivity index (χ3n) is 3.06. The van der Waals surface area contributed by atoms with Crippen molar-refractivity contribution in [2.75, 3.05) is 11.9 Å². The van der Waals surface area contributed by atoms with E-state index in [0.717, 1.165) is 12.8 Å². The summed E-state index contributed by atoms with van der Waals surface area (Å²) in [6.07, 6.45) is 1.31. The normalized spacial score (nSPS) is 19.3. The van der Waals surface area contributed by atoms with Gasteiger partial charge in [-0.2, -0.15) is 0 Å². The molecule has 1 saturated heterocycles. The van der Waals surface area contributed by atoms with E-state index in [1.807, 2.05) is 0 Å². The van der Waals surface area contributed by atoms with E-state index < -0.39 is 44.3 Å². The van der Waals surface area contributed by atoms with E-state index in [9.17, 15) is 22.0 Å². The van der Waals surface area contributed by atoms with Crippen LogP contribution >= 0.6 is 0 Å². The maximum atomic E-state index is 13.8. The summed E-state index contributed by atoms with van der Waals surface area (Å²) >= 11 is 0. The van der Waals surface area contributed by atoms with Crippen LogP contribution in [0, 0.1) is 11.6 Å². The lowest BCUT2D eigenvalue weighted by Gasteiger charge is -2.22. The highest BCUT2D eigenvalue weighted by Crippen LogP contribution is 2.24. The Bertz CT molecular complexity index is 634. The number of nitrogens with one attached hydrogen (secondary N) is 1. The molecule has 1 atom stereocenters. The molecule has 3 N–H and O–H groups in total. The van der Waals surface area contributed by atoms with Gasteiger partial charge in [0.05, 0.1) is 4.90 Å². The van der Waals surface area contributed by atoms with Crippen LogP contribution in [0.5, 0.6) is 0 Å². The number of anilines is 1. The molecule has 1 aromatic carbocycles. The third-order valence-corrected chi connectivity index (χ3v) is 3.96. The minimum absolute atomic E-state index is 0.410. The van der Waals surface area contributed by atoms with Gasteiger partial charge in [0.1, 0.15) is 11.8 Å². The molecule has 116 valence electrons. The van der Waals surface area contributed by atoms with Gasteiger partial charge in [0.2, 0.25) is 10.0 Å². The van der Waals surface area contributed by atoms with E-state index in [2.05, 4.69) is 5.32 Å². The van der Waals surface area contributed by atoms with Gasteiger partial charge in [-0.1, -0.05) is 0 Å². The van der Waals surface area contributed by atoms with Crippen molar-refractivity contribution >= 4 is 21.6 Å². The zero-order valence-corrected chi connectivity index (χ0v) is 11.8. The number of rotatable bonds is 3. The first-order valence-corrected chi connectivity index (χ1v) is 7.78. The molecular formula is C12H14F2N2O4S. The molecule has 0 saturated carbocycles. The van der Waals surface area contributed by atoms with Crippen molar-refractivity contribution in [3.05, 3.63) is 23.8 Å². The lowest BCUT2D eigenvalue weighted by molar-refractivity contribution is -0.130. The molecule has 1 amide bonds. The van der Waals surface area contributed by atoms with Crippen molar-refractivity contribution in [1.82, 2.24) is 0 Å². The highest BCUT2D eigenvalue weighted by molar-refractivity contribution is 7.89. The number of carbonyl (C=O) groups excluding carboxylic acids is 1. The minimum atomic E-state index is -4.23. The van der Waals surface area contributed by atoms with Gasteiger partial charge in [0, 0.05) is 6.61 Å². The molecule has 1 unspecified atom stereocenters. The smallest absolute Gasteiger partial charge is 0.253 e. The number of primary sulfonamides is 1. The van der Waals surface area contributed by atoms with Crippen molar-refractivity contribution in [2.45, 2.75) is 30.3 Å². The summed E-state index contributed by atoms with van der Waals surface area (Å²) in [7, 11) is -4.23. The van der Waals surface area contributed by atoms with Crippen LogP contribution in [0.15, 0.2) is 17.0 Å². The molecular weight excluding hydrogens is 306 g/mol. The van der Waals surface area contributed by atoms with E-state index in [0.29, 0.717) is 25.2 Å².